The van der Waals surface area contributed by atoms with Gasteiger partial charge in [0.15, 0.2) is 0 Å². The van der Waals surface area contributed by atoms with Crippen LogP contribution in [-0.2, 0) is 6.54 Å². The van der Waals surface area contributed by atoms with Gasteiger partial charge < -0.3 is 5.73 Å². The molecule has 0 aliphatic carbocycles. The van der Waals surface area contributed by atoms with Crippen molar-refractivity contribution in [1.82, 2.24) is 0 Å². The van der Waals surface area contributed by atoms with Crippen molar-refractivity contribution in [2.75, 3.05) is 0 Å². The van der Waals surface area contributed by atoms with E-state index in [0.717, 1.165) is 21.7 Å². The summed E-state index contributed by atoms with van der Waals surface area (Å²) in [4.78, 5) is 0. The fourth-order valence-corrected chi connectivity index (χ4v) is 2.03. The Morgan fingerprint density at radius 3 is 2.44 bits per heavy atom. The molecule has 0 aromatic heterocycles. The standard InChI is InChI=1S/C14H14ClN/c1-10-12(7-4-8-14(10)15)13-6-3-2-5-11(13)9-16/h2-8H,9,16H2,1H3. The molecule has 0 aliphatic heterocycles. The molecule has 0 saturated carbocycles. The number of hydrogen-bond acceptors (Lipinski definition) is 1. The van der Waals surface area contributed by atoms with Gasteiger partial charge in [-0.25, -0.2) is 0 Å². The Hall–Kier alpha value is -1.31. The third-order valence-corrected chi connectivity index (χ3v) is 3.20. The van der Waals surface area contributed by atoms with Gasteiger partial charge in [0.2, 0.25) is 0 Å². The topological polar surface area (TPSA) is 26.0 Å². The van der Waals surface area contributed by atoms with Crippen molar-refractivity contribution in [3.05, 3.63) is 58.6 Å². The molecule has 0 unspecified atom stereocenters. The Balaban J connectivity index is 2.63. The zero-order valence-corrected chi connectivity index (χ0v) is 9.96. The Bertz CT molecular complexity index is 506. The van der Waals surface area contributed by atoms with Crippen LogP contribution in [0.1, 0.15) is 11.1 Å². The lowest BCUT2D eigenvalue weighted by atomic mass is 9.96. The second kappa shape index (κ2) is 4.69. The van der Waals surface area contributed by atoms with Gasteiger partial charge in [-0.2, -0.15) is 0 Å². The molecule has 0 heterocycles. The number of halogens is 1. The smallest absolute Gasteiger partial charge is 0.0441 e. The first kappa shape index (κ1) is 11.2. The van der Waals surface area contributed by atoms with E-state index >= 15 is 0 Å². The maximum absolute atomic E-state index is 6.13. The van der Waals surface area contributed by atoms with E-state index in [1.807, 2.05) is 31.2 Å². The number of benzene rings is 2. The maximum Gasteiger partial charge on any atom is 0.0441 e. The summed E-state index contributed by atoms with van der Waals surface area (Å²) >= 11 is 6.13. The van der Waals surface area contributed by atoms with Gasteiger partial charge in [-0.1, -0.05) is 48.0 Å². The molecular formula is C14H14ClN. The molecule has 0 saturated heterocycles. The average molecular weight is 232 g/mol. The maximum atomic E-state index is 6.13. The van der Waals surface area contributed by atoms with E-state index in [9.17, 15) is 0 Å². The molecule has 0 fully saturated rings. The van der Waals surface area contributed by atoms with Crippen LogP contribution in [0.25, 0.3) is 11.1 Å². The summed E-state index contributed by atoms with van der Waals surface area (Å²) in [6.07, 6.45) is 0. The van der Waals surface area contributed by atoms with Crippen LogP contribution >= 0.6 is 11.6 Å². The van der Waals surface area contributed by atoms with Crippen LogP contribution < -0.4 is 5.73 Å². The number of hydrogen-bond donors (Lipinski definition) is 1. The highest BCUT2D eigenvalue weighted by Gasteiger charge is 2.07. The van der Waals surface area contributed by atoms with E-state index in [1.165, 1.54) is 5.56 Å². The Labute approximate surface area is 101 Å². The van der Waals surface area contributed by atoms with Gasteiger partial charge in [0.25, 0.3) is 0 Å². The van der Waals surface area contributed by atoms with Crippen LogP contribution in [0.4, 0.5) is 0 Å². The van der Waals surface area contributed by atoms with Crippen molar-refractivity contribution in [1.29, 1.82) is 0 Å². The van der Waals surface area contributed by atoms with Crippen molar-refractivity contribution >= 4 is 11.6 Å². The molecule has 1 nitrogen and oxygen atoms in total. The zero-order chi connectivity index (χ0) is 11.5. The quantitative estimate of drug-likeness (QED) is 0.837. The second-order valence-electron chi connectivity index (χ2n) is 3.77. The molecular weight excluding hydrogens is 218 g/mol. The lowest BCUT2D eigenvalue weighted by molar-refractivity contribution is 1.07. The average Bonchev–Trinajstić information content (AvgIpc) is 2.33. The zero-order valence-electron chi connectivity index (χ0n) is 9.20. The predicted octanol–water partition coefficient (Wildman–Crippen LogP) is 3.77. The first-order valence-electron chi connectivity index (χ1n) is 5.27. The van der Waals surface area contributed by atoms with Gasteiger partial charge in [-0.15, -0.1) is 0 Å². The molecule has 2 N–H and O–H groups in total. The van der Waals surface area contributed by atoms with Crippen LogP contribution in [0.3, 0.4) is 0 Å². The van der Waals surface area contributed by atoms with E-state index in [0.29, 0.717) is 6.54 Å². The Morgan fingerprint density at radius 2 is 1.69 bits per heavy atom. The number of nitrogens with two attached hydrogens (primary N) is 1. The molecule has 0 spiro atoms. The molecule has 0 amide bonds. The highest BCUT2D eigenvalue weighted by Crippen LogP contribution is 2.30. The monoisotopic (exact) mass is 231 g/mol. The van der Waals surface area contributed by atoms with Crippen molar-refractivity contribution < 1.29 is 0 Å². The van der Waals surface area contributed by atoms with E-state index in [-0.39, 0.29) is 0 Å². The van der Waals surface area contributed by atoms with Gasteiger partial charge in [-0.3, -0.25) is 0 Å². The number of rotatable bonds is 2. The molecule has 0 aliphatic rings. The van der Waals surface area contributed by atoms with Gasteiger partial charge in [0, 0.05) is 11.6 Å². The highest BCUT2D eigenvalue weighted by molar-refractivity contribution is 6.31. The largest absolute Gasteiger partial charge is 0.326 e. The highest BCUT2D eigenvalue weighted by atomic mass is 35.5. The fraction of sp³-hybridized carbons (Fsp3) is 0.143. The Morgan fingerprint density at radius 1 is 1.00 bits per heavy atom. The molecule has 16 heavy (non-hydrogen) atoms. The van der Waals surface area contributed by atoms with Crippen LogP contribution in [0.15, 0.2) is 42.5 Å². The van der Waals surface area contributed by atoms with Gasteiger partial charge in [0.1, 0.15) is 0 Å². The normalized spacial score (nSPS) is 10.4. The Kier molecular flexibility index (Phi) is 3.28. The molecule has 2 heteroatoms. The molecule has 2 aromatic carbocycles. The van der Waals surface area contributed by atoms with Crippen LogP contribution in [0.2, 0.25) is 5.02 Å². The third kappa shape index (κ3) is 1.97. The summed E-state index contributed by atoms with van der Waals surface area (Å²) in [7, 11) is 0. The van der Waals surface area contributed by atoms with E-state index in [2.05, 4.69) is 18.2 Å². The second-order valence-corrected chi connectivity index (χ2v) is 4.18. The lowest BCUT2D eigenvalue weighted by Crippen LogP contribution is -1.99. The molecule has 0 radical (unpaired) electrons. The SMILES string of the molecule is Cc1c(Cl)cccc1-c1ccccc1CN. The first-order chi connectivity index (χ1) is 7.74. The van der Waals surface area contributed by atoms with Crippen LogP contribution in [-0.4, -0.2) is 0 Å². The fourth-order valence-electron chi connectivity index (χ4n) is 1.86. The molecule has 0 bridgehead atoms. The molecule has 0 atom stereocenters. The van der Waals surface area contributed by atoms with Crippen molar-refractivity contribution in [2.45, 2.75) is 13.5 Å². The van der Waals surface area contributed by atoms with E-state index < -0.39 is 0 Å². The van der Waals surface area contributed by atoms with Gasteiger partial charge >= 0.3 is 0 Å². The summed E-state index contributed by atoms with van der Waals surface area (Å²) in [5.74, 6) is 0. The van der Waals surface area contributed by atoms with Crippen LogP contribution in [0.5, 0.6) is 0 Å². The third-order valence-electron chi connectivity index (χ3n) is 2.80. The molecule has 2 aromatic rings. The summed E-state index contributed by atoms with van der Waals surface area (Å²) < 4.78 is 0. The first-order valence-corrected chi connectivity index (χ1v) is 5.65. The minimum atomic E-state index is 0.544. The lowest BCUT2D eigenvalue weighted by Gasteiger charge is -2.11. The minimum absolute atomic E-state index is 0.544. The van der Waals surface area contributed by atoms with E-state index in [1.54, 1.807) is 0 Å². The summed E-state index contributed by atoms with van der Waals surface area (Å²) in [5.41, 5.74) is 10.3. The van der Waals surface area contributed by atoms with Crippen molar-refractivity contribution in [2.24, 2.45) is 5.73 Å². The minimum Gasteiger partial charge on any atom is -0.326 e. The van der Waals surface area contributed by atoms with E-state index in [4.69, 9.17) is 17.3 Å². The van der Waals surface area contributed by atoms with Crippen molar-refractivity contribution in [3.63, 3.8) is 0 Å². The molecule has 82 valence electrons. The summed E-state index contributed by atoms with van der Waals surface area (Å²) in [6, 6.07) is 14.1. The molecule has 2 rings (SSSR count). The predicted molar refractivity (Wildman–Crippen MR) is 69.5 cm³/mol. The van der Waals surface area contributed by atoms with Crippen molar-refractivity contribution in [3.8, 4) is 11.1 Å². The van der Waals surface area contributed by atoms with Gasteiger partial charge in [-0.05, 0) is 35.2 Å². The summed E-state index contributed by atoms with van der Waals surface area (Å²) in [5, 5.41) is 0.796. The summed E-state index contributed by atoms with van der Waals surface area (Å²) in [6.45, 7) is 2.58. The van der Waals surface area contributed by atoms with Gasteiger partial charge in [0.05, 0.1) is 0 Å². The van der Waals surface area contributed by atoms with Crippen LogP contribution in [0, 0.1) is 6.92 Å².